The molecule has 10 nitrogen and oxygen atoms in total. The Morgan fingerprint density at radius 3 is 2.76 bits per heavy atom. The third-order valence-electron chi connectivity index (χ3n) is 2.85. The zero-order chi connectivity index (χ0) is 15.7. The minimum absolute atomic E-state index is 0.0937. The molecule has 11 heteroatoms. The summed E-state index contributed by atoms with van der Waals surface area (Å²) in [7, 11) is -4.33. The third kappa shape index (κ3) is 3.74. The quantitative estimate of drug-likeness (QED) is 0.506. The standard InChI is InChI=1S/C10H16N5O5P/c1-10(3-16,20-6-21(17,18)19)2-15-5-14-7-8(11)12-4-13-9(7)15/h4-5,16H,2-3,6H2,1H3,(H2,11,12,13)(H2,17,18,19). The highest BCUT2D eigenvalue weighted by Crippen LogP contribution is 2.36. The van der Waals surface area contributed by atoms with Crippen LogP contribution < -0.4 is 5.73 Å². The van der Waals surface area contributed by atoms with Crippen LogP contribution in [0.4, 0.5) is 5.82 Å². The number of nitrogens with two attached hydrogens (primary N) is 1. The monoisotopic (exact) mass is 317 g/mol. The summed E-state index contributed by atoms with van der Waals surface area (Å²) in [6.45, 7) is 1.18. The highest BCUT2D eigenvalue weighted by molar-refractivity contribution is 7.51. The molecule has 0 radical (unpaired) electrons. The van der Waals surface area contributed by atoms with Gasteiger partial charge in [0.1, 0.15) is 23.8 Å². The SMILES string of the molecule is CC(CO)(Cn1cnc2c(N)ncnc21)OCP(=O)(O)O. The summed E-state index contributed by atoms with van der Waals surface area (Å²) < 4.78 is 17.6. The number of nitrogen functional groups attached to an aromatic ring is 1. The van der Waals surface area contributed by atoms with Crippen LogP contribution in [-0.2, 0) is 15.8 Å². The van der Waals surface area contributed by atoms with Crippen molar-refractivity contribution < 1.29 is 24.2 Å². The van der Waals surface area contributed by atoms with Gasteiger partial charge in [0.2, 0.25) is 0 Å². The van der Waals surface area contributed by atoms with E-state index in [1.807, 2.05) is 0 Å². The molecule has 2 aromatic rings. The molecule has 116 valence electrons. The second kappa shape index (κ2) is 5.66. The maximum Gasteiger partial charge on any atom is 0.351 e. The smallest absolute Gasteiger partial charge is 0.351 e. The molecular formula is C10H16N5O5P. The van der Waals surface area contributed by atoms with Gasteiger partial charge in [-0.25, -0.2) is 15.0 Å². The lowest BCUT2D eigenvalue weighted by molar-refractivity contribution is -0.0622. The Bertz CT molecular complexity index is 686. The van der Waals surface area contributed by atoms with Crippen molar-refractivity contribution >= 4 is 24.6 Å². The summed E-state index contributed by atoms with van der Waals surface area (Å²) in [6, 6.07) is 0. The van der Waals surface area contributed by atoms with Crippen LogP contribution in [0.5, 0.6) is 0 Å². The van der Waals surface area contributed by atoms with Gasteiger partial charge in [-0.1, -0.05) is 0 Å². The molecule has 2 rings (SSSR count). The molecule has 0 spiro atoms. The molecule has 2 heterocycles. The first-order valence-electron chi connectivity index (χ1n) is 5.95. The highest BCUT2D eigenvalue weighted by Gasteiger charge is 2.29. The Hall–Kier alpha value is -1.58. The first-order chi connectivity index (χ1) is 9.74. The summed E-state index contributed by atoms with van der Waals surface area (Å²) in [5.74, 6) is 0.223. The zero-order valence-electron chi connectivity index (χ0n) is 11.2. The van der Waals surface area contributed by atoms with Gasteiger partial charge in [0.05, 0.1) is 19.5 Å². The molecule has 0 aliphatic carbocycles. The van der Waals surface area contributed by atoms with E-state index in [0.717, 1.165) is 0 Å². The summed E-state index contributed by atoms with van der Waals surface area (Å²) in [5.41, 5.74) is 5.33. The molecule has 2 aromatic heterocycles. The summed E-state index contributed by atoms with van der Waals surface area (Å²) in [4.78, 5) is 29.6. The van der Waals surface area contributed by atoms with E-state index in [0.29, 0.717) is 11.2 Å². The Morgan fingerprint density at radius 2 is 2.14 bits per heavy atom. The maximum atomic E-state index is 10.9. The Labute approximate surface area is 119 Å². The van der Waals surface area contributed by atoms with Gasteiger partial charge in [-0.3, -0.25) is 4.57 Å². The van der Waals surface area contributed by atoms with Crippen molar-refractivity contribution in [2.75, 3.05) is 18.7 Å². The number of aliphatic hydroxyl groups is 1. The van der Waals surface area contributed by atoms with E-state index in [2.05, 4.69) is 15.0 Å². The number of hydrogen-bond donors (Lipinski definition) is 4. The van der Waals surface area contributed by atoms with E-state index < -0.39 is 26.2 Å². The Morgan fingerprint density at radius 1 is 1.43 bits per heavy atom. The first-order valence-corrected chi connectivity index (χ1v) is 7.74. The van der Waals surface area contributed by atoms with E-state index in [1.54, 1.807) is 4.57 Å². The highest BCUT2D eigenvalue weighted by atomic mass is 31.2. The maximum absolute atomic E-state index is 10.9. The molecule has 0 saturated carbocycles. The van der Waals surface area contributed by atoms with Crippen LogP contribution in [-0.4, -0.2) is 53.0 Å². The number of aromatic nitrogens is 4. The van der Waals surface area contributed by atoms with Crippen LogP contribution >= 0.6 is 7.60 Å². The molecular weight excluding hydrogens is 301 g/mol. The van der Waals surface area contributed by atoms with Crippen molar-refractivity contribution in [1.82, 2.24) is 19.5 Å². The number of fused-ring (bicyclic) bond motifs is 1. The molecule has 0 bridgehead atoms. The van der Waals surface area contributed by atoms with E-state index in [4.69, 9.17) is 20.3 Å². The molecule has 0 aliphatic rings. The summed E-state index contributed by atoms with van der Waals surface area (Å²) >= 11 is 0. The van der Waals surface area contributed by atoms with Gasteiger partial charge in [-0.15, -0.1) is 0 Å². The van der Waals surface area contributed by atoms with Crippen molar-refractivity contribution in [1.29, 1.82) is 0 Å². The fourth-order valence-electron chi connectivity index (χ4n) is 1.76. The van der Waals surface area contributed by atoms with Gasteiger partial charge >= 0.3 is 7.60 Å². The number of rotatable bonds is 6. The molecule has 0 saturated heterocycles. The molecule has 0 aromatic carbocycles. The van der Waals surface area contributed by atoms with Crippen LogP contribution in [0.2, 0.25) is 0 Å². The van der Waals surface area contributed by atoms with Gasteiger partial charge in [0.25, 0.3) is 0 Å². The molecule has 0 aliphatic heterocycles. The Balaban J connectivity index is 2.24. The average Bonchev–Trinajstić information content (AvgIpc) is 2.81. The molecule has 0 amide bonds. The lowest BCUT2D eigenvalue weighted by atomic mass is 10.1. The van der Waals surface area contributed by atoms with Crippen molar-refractivity contribution in [3.63, 3.8) is 0 Å². The fraction of sp³-hybridized carbons (Fsp3) is 0.500. The topological polar surface area (TPSA) is 157 Å². The molecule has 5 N–H and O–H groups in total. The van der Waals surface area contributed by atoms with Crippen LogP contribution in [0.25, 0.3) is 11.2 Å². The lowest BCUT2D eigenvalue weighted by Gasteiger charge is -2.28. The minimum atomic E-state index is -4.33. The molecule has 1 atom stereocenters. The minimum Gasteiger partial charge on any atom is -0.393 e. The van der Waals surface area contributed by atoms with Crippen LogP contribution in [0, 0.1) is 0 Å². The number of ether oxygens (including phenoxy) is 1. The predicted octanol–water partition coefficient (Wildman–Crippen LogP) is -0.689. The molecule has 21 heavy (non-hydrogen) atoms. The van der Waals surface area contributed by atoms with E-state index in [-0.39, 0.29) is 12.4 Å². The zero-order valence-corrected chi connectivity index (χ0v) is 12.1. The first kappa shape index (κ1) is 15.8. The van der Waals surface area contributed by atoms with Gasteiger partial charge in [0.15, 0.2) is 11.5 Å². The molecule has 0 fully saturated rings. The number of nitrogens with zero attached hydrogens (tertiary/aromatic N) is 4. The van der Waals surface area contributed by atoms with E-state index in [9.17, 15) is 9.67 Å². The van der Waals surface area contributed by atoms with Gasteiger partial charge in [0, 0.05) is 0 Å². The van der Waals surface area contributed by atoms with Crippen LogP contribution in [0.1, 0.15) is 6.92 Å². The van der Waals surface area contributed by atoms with Crippen LogP contribution in [0.15, 0.2) is 12.7 Å². The van der Waals surface area contributed by atoms with Gasteiger partial charge in [-0.05, 0) is 6.92 Å². The van der Waals surface area contributed by atoms with Crippen molar-refractivity contribution in [2.45, 2.75) is 19.1 Å². The summed E-state index contributed by atoms with van der Waals surface area (Å²) in [5, 5.41) is 9.44. The number of imidazole rings is 1. The Kier molecular flexibility index (Phi) is 4.26. The van der Waals surface area contributed by atoms with E-state index in [1.165, 1.54) is 19.6 Å². The molecule has 1 unspecified atom stereocenters. The van der Waals surface area contributed by atoms with E-state index >= 15 is 0 Å². The van der Waals surface area contributed by atoms with Crippen molar-refractivity contribution in [2.24, 2.45) is 0 Å². The second-order valence-corrected chi connectivity index (χ2v) is 6.44. The summed E-state index contributed by atoms with van der Waals surface area (Å²) in [6.07, 6.45) is 1.95. The number of hydrogen-bond acceptors (Lipinski definition) is 7. The second-order valence-electron chi connectivity index (χ2n) is 4.85. The third-order valence-corrected chi connectivity index (χ3v) is 3.32. The average molecular weight is 317 g/mol. The normalized spacial score (nSPS) is 15.2. The predicted molar refractivity (Wildman–Crippen MR) is 73.2 cm³/mol. The number of aliphatic hydroxyl groups excluding tert-OH is 1. The van der Waals surface area contributed by atoms with Crippen LogP contribution in [0.3, 0.4) is 0 Å². The van der Waals surface area contributed by atoms with Crippen molar-refractivity contribution in [3.05, 3.63) is 12.7 Å². The van der Waals surface area contributed by atoms with Crippen molar-refractivity contribution in [3.8, 4) is 0 Å². The lowest BCUT2D eigenvalue weighted by Crippen LogP contribution is -2.38. The number of anilines is 1. The van der Waals surface area contributed by atoms with Gasteiger partial charge in [-0.2, -0.15) is 0 Å². The fourth-order valence-corrected chi connectivity index (χ4v) is 2.24. The largest absolute Gasteiger partial charge is 0.393 e. The van der Waals surface area contributed by atoms with Gasteiger partial charge < -0.3 is 29.9 Å².